The topological polar surface area (TPSA) is 40.2 Å². The number of aryl methyl sites for hydroxylation is 2. The molecule has 228 valence electrons. The third-order valence-corrected chi connectivity index (χ3v) is 7.75. The molecule has 0 bridgehead atoms. The van der Waals surface area contributed by atoms with Gasteiger partial charge in [0.25, 0.3) is 0 Å². The van der Waals surface area contributed by atoms with E-state index in [9.17, 15) is 0 Å². The van der Waals surface area contributed by atoms with Gasteiger partial charge < -0.3 is 10.6 Å². The van der Waals surface area contributed by atoms with Crippen molar-refractivity contribution in [3.05, 3.63) is 87.7 Å². The van der Waals surface area contributed by atoms with Crippen molar-refractivity contribution in [2.24, 2.45) is 0 Å². The van der Waals surface area contributed by atoms with Gasteiger partial charge in [-0.15, -0.1) is 0 Å². The van der Waals surface area contributed by atoms with Gasteiger partial charge in [-0.25, -0.2) is 0 Å². The van der Waals surface area contributed by atoms with Crippen LogP contribution in [0.1, 0.15) is 118 Å². The Morgan fingerprint density at radius 2 is 1.02 bits per heavy atom. The molecule has 41 heavy (non-hydrogen) atoms. The molecule has 0 aliphatic rings. The van der Waals surface area contributed by atoms with Gasteiger partial charge in [-0.1, -0.05) is 96.8 Å². The van der Waals surface area contributed by atoms with Crippen LogP contribution in [-0.2, 0) is 23.0 Å². The van der Waals surface area contributed by atoms with E-state index in [1.165, 1.54) is 44.8 Å². The van der Waals surface area contributed by atoms with Crippen molar-refractivity contribution in [3.63, 3.8) is 0 Å². The molecule has 0 radical (unpaired) electrons. The molecule has 0 fully saturated rings. The zero-order valence-electron chi connectivity index (χ0n) is 27.2. The van der Waals surface area contributed by atoms with Crippen LogP contribution in [0.2, 0.25) is 0 Å². The smallest absolute Gasteiger partial charge is 0.0543 e. The minimum absolute atomic E-state index is 0. The van der Waals surface area contributed by atoms with Crippen molar-refractivity contribution in [3.8, 4) is 0 Å². The maximum absolute atomic E-state index is 4.64. The molecule has 3 aromatic rings. The third-order valence-electron chi connectivity index (χ3n) is 7.75. The molecule has 1 heterocycles. The SMILES string of the molecule is Cc1cc(C(C)C)c(NCCN(CCNc2c(C(C)C)cc(C)cc2C(C)C)Cc2ccccn2)c(C(C)C)c1.[Ni]. The summed E-state index contributed by atoms with van der Waals surface area (Å²) < 4.78 is 0. The van der Waals surface area contributed by atoms with Gasteiger partial charge in [-0.3, -0.25) is 9.88 Å². The van der Waals surface area contributed by atoms with Gasteiger partial charge >= 0.3 is 0 Å². The second-order valence-corrected chi connectivity index (χ2v) is 12.7. The van der Waals surface area contributed by atoms with Gasteiger partial charge in [0.15, 0.2) is 0 Å². The van der Waals surface area contributed by atoms with E-state index in [0.29, 0.717) is 23.7 Å². The van der Waals surface area contributed by atoms with Crippen molar-refractivity contribution in [2.75, 3.05) is 36.8 Å². The number of rotatable bonds is 14. The predicted molar refractivity (Wildman–Crippen MR) is 175 cm³/mol. The minimum atomic E-state index is 0. The first-order chi connectivity index (χ1) is 19.0. The summed E-state index contributed by atoms with van der Waals surface area (Å²) in [7, 11) is 0. The Hall–Kier alpha value is -2.36. The second-order valence-electron chi connectivity index (χ2n) is 12.7. The standard InChI is InChI=1S/C36H54N4.Ni/c1-24(2)31-19-28(9)20-32(25(3)4)35(31)38-15-17-40(23-30-13-11-12-14-37-30)18-16-39-36-33(26(5)6)21-29(10)22-34(36)27(7)8;/h11-14,19-22,24-27,38-39H,15-18,23H2,1-10H3;. The van der Waals surface area contributed by atoms with Crippen LogP contribution >= 0.6 is 0 Å². The summed E-state index contributed by atoms with van der Waals surface area (Å²) in [5.41, 5.74) is 12.1. The van der Waals surface area contributed by atoms with Crippen LogP contribution in [0, 0.1) is 13.8 Å². The number of hydrogen-bond acceptors (Lipinski definition) is 4. The number of pyridine rings is 1. The van der Waals surface area contributed by atoms with Crippen molar-refractivity contribution in [1.82, 2.24) is 9.88 Å². The molecule has 0 atom stereocenters. The number of aromatic nitrogens is 1. The fraction of sp³-hybridized carbons (Fsp3) is 0.528. The van der Waals surface area contributed by atoms with Gasteiger partial charge in [0.1, 0.15) is 0 Å². The van der Waals surface area contributed by atoms with Crippen LogP contribution in [-0.4, -0.2) is 36.1 Å². The molecule has 0 aliphatic heterocycles. The molecule has 0 unspecified atom stereocenters. The largest absolute Gasteiger partial charge is 0.383 e. The molecular weight excluding hydrogens is 547 g/mol. The van der Waals surface area contributed by atoms with Crippen molar-refractivity contribution >= 4 is 11.4 Å². The van der Waals surface area contributed by atoms with Gasteiger partial charge in [0.05, 0.1) is 5.69 Å². The summed E-state index contributed by atoms with van der Waals surface area (Å²) in [4.78, 5) is 7.16. The van der Waals surface area contributed by atoms with Crippen LogP contribution < -0.4 is 10.6 Å². The van der Waals surface area contributed by atoms with Crippen LogP contribution in [0.5, 0.6) is 0 Å². The Kier molecular flexibility index (Phi) is 13.9. The number of nitrogens with zero attached hydrogens (tertiary/aromatic N) is 2. The van der Waals surface area contributed by atoms with Gasteiger partial charge in [0, 0.05) is 66.8 Å². The molecule has 0 aliphatic carbocycles. The summed E-state index contributed by atoms with van der Waals surface area (Å²) in [6.07, 6.45) is 1.90. The molecule has 4 nitrogen and oxygen atoms in total. The minimum Gasteiger partial charge on any atom is -0.383 e. The van der Waals surface area contributed by atoms with E-state index < -0.39 is 0 Å². The molecule has 5 heteroatoms. The molecule has 0 saturated carbocycles. The zero-order valence-corrected chi connectivity index (χ0v) is 28.2. The summed E-state index contributed by atoms with van der Waals surface area (Å²) in [5, 5.41) is 7.74. The molecule has 0 amide bonds. The Labute approximate surface area is 261 Å². The average molecular weight is 602 g/mol. The second kappa shape index (κ2) is 16.3. The van der Waals surface area contributed by atoms with Crippen molar-refractivity contribution in [2.45, 2.75) is 99.5 Å². The van der Waals surface area contributed by atoms with E-state index in [0.717, 1.165) is 38.4 Å². The predicted octanol–water partition coefficient (Wildman–Crippen LogP) is 9.22. The van der Waals surface area contributed by atoms with E-state index in [4.69, 9.17) is 0 Å². The molecule has 1 aromatic heterocycles. The quantitative estimate of drug-likeness (QED) is 0.181. The van der Waals surface area contributed by atoms with E-state index >= 15 is 0 Å². The average Bonchev–Trinajstić information content (AvgIpc) is 2.89. The number of anilines is 2. The number of nitrogens with one attached hydrogen (secondary N) is 2. The third kappa shape index (κ3) is 9.86. The van der Waals surface area contributed by atoms with Crippen molar-refractivity contribution < 1.29 is 16.5 Å². The summed E-state index contributed by atoms with van der Waals surface area (Å²) in [6.45, 7) is 27.3. The maximum atomic E-state index is 4.64. The Morgan fingerprint density at radius 1 is 0.634 bits per heavy atom. The van der Waals surface area contributed by atoms with E-state index in [1.807, 2.05) is 12.3 Å². The molecule has 0 spiro atoms. The zero-order chi connectivity index (χ0) is 29.4. The normalized spacial score (nSPS) is 11.6. The van der Waals surface area contributed by atoms with Gasteiger partial charge in [-0.2, -0.15) is 0 Å². The first-order valence-electron chi connectivity index (χ1n) is 15.4. The molecule has 3 rings (SSSR count). The van der Waals surface area contributed by atoms with Crippen LogP contribution in [0.3, 0.4) is 0 Å². The van der Waals surface area contributed by atoms with Gasteiger partial charge in [-0.05, 0) is 71.9 Å². The Bertz CT molecular complexity index is 1080. The molecule has 2 N–H and O–H groups in total. The first kappa shape index (κ1) is 34.8. The first-order valence-corrected chi connectivity index (χ1v) is 15.4. The summed E-state index contributed by atoms with van der Waals surface area (Å²) in [6, 6.07) is 15.6. The Morgan fingerprint density at radius 3 is 1.34 bits per heavy atom. The van der Waals surface area contributed by atoms with Crippen LogP contribution in [0.4, 0.5) is 11.4 Å². The van der Waals surface area contributed by atoms with Crippen LogP contribution in [0.25, 0.3) is 0 Å². The summed E-state index contributed by atoms with van der Waals surface area (Å²) in [5.74, 6) is 1.92. The number of hydrogen-bond donors (Lipinski definition) is 2. The fourth-order valence-corrected chi connectivity index (χ4v) is 5.58. The van der Waals surface area contributed by atoms with E-state index in [1.54, 1.807) is 0 Å². The summed E-state index contributed by atoms with van der Waals surface area (Å²) >= 11 is 0. The number of benzene rings is 2. The van der Waals surface area contributed by atoms with Crippen LogP contribution in [0.15, 0.2) is 48.7 Å². The Balaban J connectivity index is 0.00000588. The van der Waals surface area contributed by atoms with Crippen molar-refractivity contribution in [1.29, 1.82) is 0 Å². The monoisotopic (exact) mass is 600 g/mol. The molecule has 2 aromatic carbocycles. The van der Waals surface area contributed by atoms with E-state index in [-0.39, 0.29) is 16.5 Å². The van der Waals surface area contributed by atoms with Gasteiger partial charge in [0.2, 0.25) is 0 Å². The fourth-order valence-electron chi connectivity index (χ4n) is 5.58. The molecule has 0 saturated heterocycles. The molecular formula is C36H54N4Ni. The van der Waals surface area contributed by atoms with E-state index in [2.05, 4.69) is 126 Å². The maximum Gasteiger partial charge on any atom is 0.0543 e.